The molecule has 0 aliphatic rings. The largest absolute Gasteiger partial charge is 0.326 e. The van der Waals surface area contributed by atoms with E-state index in [9.17, 15) is 0 Å². The van der Waals surface area contributed by atoms with E-state index in [-0.39, 0.29) is 0 Å². The van der Waals surface area contributed by atoms with Crippen molar-refractivity contribution in [2.24, 2.45) is 0 Å². The molecule has 0 amide bonds. The van der Waals surface area contributed by atoms with Crippen molar-refractivity contribution in [1.29, 1.82) is 0 Å². The van der Waals surface area contributed by atoms with Gasteiger partial charge in [0, 0.05) is 0 Å². The Bertz CT molecular complexity index is 72.9. The van der Waals surface area contributed by atoms with Gasteiger partial charge < -0.3 is 4.57 Å². The van der Waals surface area contributed by atoms with Crippen molar-refractivity contribution in [3.8, 4) is 0 Å². The van der Waals surface area contributed by atoms with Crippen LogP contribution in [0.4, 0.5) is 0 Å². The highest BCUT2D eigenvalue weighted by molar-refractivity contribution is 6.59. The molecule has 2 heteroatoms. The highest BCUT2D eigenvalue weighted by Crippen LogP contribution is 1.88. The molecular formula is C6H15NSi. The second kappa shape index (κ2) is 3.86. The summed E-state index contributed by atoms with van der Waals surface area (Å²) in [4.78, 5) is 0. The standard InChI is InChI=1S/C6H15NSi/c1-5-7(3)8(4)6-2/h6,8H,2,5H2,1,3-4H3. The fourth-order valence-corrected chi connectivity index (χ4v) is 1.40. The number of hydrogen-bond donors (Lipinski definition) is 0. The maximum absolute atomic E-state index is 3.75. The lowest BCUT2D eigenvalue weighted by molar-refractivity contribution is 0.560. The molecule has 1 nitrogen and oxygen atoms in total. The van der Waals surface area contributed by atoms with E-state index in [0.717, 1.165) is 6.54 Å². The fraction of sp³-hybridized carbons (Fsp3) is 0.667. The summed E-state index contributed by atoms with van der Waals surface area (Å²) in [6.45, 7) is 9.35. The summed E-state index contributed by atoms with van der Waals surface area (Å²) < 4.78 is 2.37. The van der Waals surface area contributed by atoms with E-state index in [2.05, 4.69) is 37.4 Å². The predicted molar refractivity (Wildman–Crippen MR) is 41.5 cm³/mol. The third-order valence-electron chi connectivity index (χ3n) is 1.54. The Labute approximate surface area is 53.7 Å². The Morgan fingerprint density at radius 1 is 1.75 bits per heavy atom. The van der Waals surface area contributed by atoms with E-state index in [1.807, 2.05) is 0 Å². The first-order valence-electron chi connectivity index (χ1n) is 3.05. The van der Waals surface area contributed by atoms with Crippen molar-refractivity contribution in [2.45, 2.75) is 13.5 Å². The topological polar surface area (TPSA) is 3.24 Å². The number of rotatable bonds is 3. The van der Waals surface area contributed by atoms with Crippen LogP contribution in [0.5, 0.6) is 0 Å². The van der Waals surface area contributed by atoms with Gasteiger partial charge in [-0.15, -0.1) is 6.58 Å². The minimum Gasteiger partial charge on any atom is -0.326 e. The first-order chi connectivity index (χ1) is 3.72. The third-order valence-corrected chi connectivity index (χ3v) is 3.97. The average molecular weight is 129 g/mol. The maximum Gasteiger partial charge on any atom is 0.132 e. The zero-order chi connectivity index (χ0) is 6.57. The van der Waals surface area contributed by atoms with E-state index >= 15 is 0 Å². The Hall–Kier alpha value is -0.0831. The Morgan fingerprint density at radius 3 is 2.38 bits per heavy atom. The molecule has 0 radical (unpaired) electrons. The number of nitrogens with zero attached hydrogens (tertiary/aromatic N) is 1. The third kappa shape index (κ3) is 2.28. The molecule has 48 valence electrons. The molecule has 0 fully saturated rings. The van der Waals surface area contributed by atoms with Crippen LogP contribution in [0, 0.1) is 0 Å². The maximum atomic E-state index is 3.75. The van der Waals surface area contributed by atoms with Crippen molar-refractivity contribution in [2.75, 3.05) is 13.6 Å². The lowest BCUT2D eigenvalue weighted by Gasteiger charge is -2.17. The molecular weight excluding hydrogens is 114 g/mol. The average Bonchev–Trinajstić information content (AvgIpc) is 1.84. The monoisotopic (exact) mass is 129 g/mol. The Morgan fingerprint density at radius 2 is 2.25 bits per heavy atom. The van der Waals surface area contributed by atoms with E-state index in [1.54, 1.807) is 0 Å². The van der Waals surface area contributed by atoms with Crippen molar-refractivity contribution < 1.29 is 0 Å². The van der Waals surface area contributed by atoms with E-state index in [0.29, 0.717) is 0 Å². The lowest BCUT2D eigenvalue weighted by Crippen LogP contribution is -2.30. The normalized spacial score (nSPS) is 14.0. The second-order valence-corrected chi connectivity index (χ2v) is 4.88. The first-order valence-corrected chi connectivity index (χ1v) is 5.39. The molecule has 0 rings (SSSR count). The molecule has 0 spiro atoms. The summed E-state index contributed by atoms with van der Waals surface area (Å²) in [5.41, 5.74) is 2.09. The van der Waals surface area contributed by atoms with Gasteiger partial charge in [0.15, 0.2) is 0 Å². The highest BCUT2D eigenvalue weighted by atomic mass is 28.3. The molecule has 0 aromatic rings. The highest BCUT2D eigenvalue weighted by Gasteiger charge is 2.01. The smallest absolute Gasteiger partial charge is 0.132 e. The molecule has 0 saturated carbocycles. The Kier molecular flexibility index (Phi) is 3.82. The zero-order valence-electron chi connectivity index (χ0n) is 6.02. The van der Waals surface area contributed by atoms with E-state index in [1.165, 1.54) is 0 Å². The molecule has 1 unspecified atom stereocenters. The van der Waals surface area contributed by atoms with E-state index in [4.69, 9.17) is 0 Å². The number of hydrogen-bond acceptors (Lipinski definition) is 1. The van der Waals surface area contributed by atoms with Gasteiger partial charge in [0.05, 0.1) is 0 Å². The lowest BCUT2D eigenvalue weighted by atomic mass is 10.8. The van der Waals surface area contributed by atoms with Gasteiger partial charge in [-0.25, -0.2) is 0 Å². The Balaban J connectivity index is 3.44. The summed E-state index contributed by atoms with van der Waals surface area (Å²) in [6.07, 6.45) is 0. The predicted octanol–water partition coefficient (Wildman–Crippen LogP) is 1.02. The van der Waals surface area contributed by atoms with Gasteiger partial charge in [-0.3, -0.25) is 0 Å². The zero-order valence-corrected chi connectivity index (χ0v) is 7.17. The van der Waals surface area contributed by atoms with Crippen molar-refractivity contribution in [1.82, 2.24) is 4.57 Å². The fourth-order valence-electron chi connectivity index (χ4n) is 0.468. The van der Waals surface area contributed by atoms with Crippen LogP contribution < -0.4 is 0 Å². The van der Waals surface area contributed by atoms with Crippen LogP contribution in [-0.4, -0.2) is 27.1 Å². The van der Waals surface area contributed by atoms with Crippen LogP contribution in [0.15, 0.2) is 12.3 Å². The van der Waals surface area contributed by atoms with Gasteiger partial charge in [0.1, 0.15) is 8.96 Å². The summed E-state index contributed by atoms with van der Waals surface area (Å²) in [6, 6.07) is 0. The second-order valence-electron chi connectivity index (χ2n) is 2.05. The van der Waals surface area contributed by atoms with Crippen LogP contribution in [0.2, 0.25) is 6.55 Å². The van der Waals surface area contributed by atoms with Gasteiger partial charge in [-0.05, 0) is 13.6 Å². The van der Waals surface area contributed by atoms with Crippen LogP contribution in [0.25, 0.3) is 0 Å². The molecule has 8 heavy (non-hydrogen) atoms. The van der Waals surface area contributed by atoms with Gasteiger partial charge in [0.25, 0.3) is 0 Å². The van der Waals surface area contributed by atoms with Crippen LogP contribution in [0.1, 0.15) is 6.92 Å². The van der Waals surface area contributed by atoms with E-state index < -0.39 is 8.96 Å². The summed E-state index contributed by atoms with van der Waals surface area (Å²) >= 11 is 0. The summed E-state index contributed by atoms with van der Waals surface area (Å²) in [5, 5.41) is 0. The molecule has 0 bridgehead atoms. The molecule has 0 aliphatic carbocycles. The quantitative estimate of drug-likeness (QED) is 0.514. The molecule has 0 aliphatic heterocycles. The van der Waals surface area contributed by atoms with Gasteiger partial charge >= 0.3 is 0 Å². The summed E-state index contributed by atoms with van der Waals surface area (Å²) in [7, 11) is 1.47. The molecule has 0 aromatic heterocycles. The van der Waals surface area contributed by atoms with Crippen LogP contribution >= 0.6 is 0 Å². The van der Waals surface area contributed by atoms with Crippen molar-refractivity contribution in [3.63, 3.8) is 0 Å². The molecule has 0 N–H and O–H groups in total. The molecule has 0 aromatic carbocycles. The van der Waals surface area contributed by atoms with Crippen molar-refractivity contribution >= 4 is 8.96 Å². The van der Waals surface area contributed by atoms with Gasteiger partial charge in [0.2, 0.25) is 0 Å². The molecule has 0 saturated heterocycles. The van der Waals surface area contributed by atoms with Crippen LogP contribution in [0.3, 0.4) is 0 Å². The minimum absolute atomic E-state index is 0.678. The van der Waals surface area contributed by atoms with Gasteiger partial charge in [-0.2, -0.15) is 0 Å². The van der Waals surface area contributed by atoms with Gasteiger partial charge in [-0.1, -0.05) is 19.2 Å². The molecule has 0 heterocycles. The van der Waals surface area contributed by atoms with Crippen molar-refractivity contribution in [3.05, 3.63) is 12.3 Å². The summed E-state index contributed by atoms with van der Waals surface area (Å²) in [5.74, 6) is 0. The first kappa shape index (κ1) is 7.92. The molecule has 1 atom stereocenters. The van der Waals surface area contributed by atoms with Crippen LogP contribution in [-0.2, 0) is 0 Å². The minimum atomic E-state index is -0.678. The SMILES string of the molecule is C=C[SiH](C)N(C)CC.